The van der Waals surface area contributed by atoms with Crippen LogP contribution < -0.4 is 9.47 Å². The molecule has 0 saturated carbocycles. The molecule has 4 rings (SSSR count). The van der Waals surface area contributed by atoms with Crippen molar-refractivity contribution in [2.45, 2.75) is 13.5 Å². The summed E-state index contributed by atoms with van der Waals surface area (Å²) in [6.45, 7) is 2.33. The van der Waals surface area contributed by atoms with Crippen molar-refractivity contribution < 1.29 is 19.0 Å². The SMILES string of the molecule is COc1cc(/C=C2\N=C(c3ccccc3C)OC2=O)cc(Br)c1OCc1ccc(Br)cc1. The molecule has 0 fully saturated rings. The van der Waals surface area contributed by atoms with Gasteiger partial charge < -0.3 is 14.2 Å². The van der Waals surface area contributed by atoms with Crippen LogP contribution in [0.2, 0.25) is 0 Å². The molecule has 0 unspecified atom stereocenters. The smallest absolute Gasteiger partial charge is 0.363 e. The molecule has 162 valence electrons. The van der Waals surface area contributed by atoms with E-state index in [4.69, 9.17) is 14.2 Å². The number of ether oxygens (including phenoxy) is 3. The first-order chi connectivity index (χ1) is 15.4. The largest absolute Gasteiger partial charge is 0.493 e. The molecule has 1 heterocycles. The lowest BCUT2D eigenvalue weighted by Crippen LogP contribution is -2.06. The first-order valence-electron chi connectivity index (χ1n) is 9.78. The van der Waals surface area contributed by atoms with E-state index >= 15 is 0 Å². The molecule has 32 heavy (non-hydrogen) atoms. The van der Waals surface area contributed by atoms with Gasteiger partial charge in [0, 0.05) is 10.0 Å². The number of hydrogen-bond donors (Lipinski definition) is 0. The fourth-order valence-corrected chi connectivity index (χ4v) is 4.03. The number of benzene rings is 3. The molecule has 0 aromatic heterocycles. The highest BCUT2D eigenvalue weighted by atomic mass is 79.9. The van der Waals surface area contributed by atoms with Crippen molar-refractivity contribution in [3.05, 3.63) is 97.6 Å². The Balaban J connectivity index is 1.59. The summed E-state index contributed by atoms with van der Waals surface area (Å²) in [6.07, 6.45) is 1.67. The lowest BCUT2D eigenvalue weighted by molar-refractivity contribution is -0.129. The Hall–Kier alpha value is -2.90. The van der Waals surface area contributed by atoms with Crippen molar-refractivity contribution in [1.29, 1.82) is 0 Å². The molecule has 0 saturated heterocycles. The molecule has 0 spiro atoms. The van der Waals surface area contributed by atoms with E-state index < -0.39 is 5.97 Å². The summed E-state index contributed by atoms with van der Waals surface area (Å²) in [5, 5.41) is 0. The highest BCUT2D eigenvalue weighted by molar-refractivity contribution is 9.10. The Labute approximate surface area is 203 Å². The van der Waals surface area contributed by atoms with Gasteiger partial charge in [0.15, 0.2) is 17.2 Å². The molecule has 5 nitrogen and oxygen atoms in total. The summed E-state index contributed by atoms with van der Waals surface area (Å²) >= 11 is 6.98. The zero-order chi connectivity index (χ0) is 22.7. The van der Waals surface area contributed by atoms with Gasteiger partial charge in [-0.15, -0.1) is 0 Å². The Morgan fingerprint density at radius 1 is 1.06 bits per heavy atom. The van der Waals surface area contributed by atoms with Crippen molar-refractivity contribution in [2.24, 2.45) is 4.99 Å². The van der Waals surface area contributed by atoms with Crippen LogP contribution in [0.1, 0.15) is 22.3 Å². The number of halogens is 2. The van der Waals surface area contributed by atoms with E-state index in [-0.39, 0.29) is 5.70 Å². The molecule has 0 radical (unpaired) electrons. The zero-order valence-electron chi connectivity index (χ0n) is 17.4. The van der Waals surface area contributed by atoms with Crippen LogP contribution in [-0.4, -0.2) is 19.0 Å². The molecule has 7 heteroatoms. The number of cyclic esters (lactones) is 1. The van der Waals surface area contributed by atoms with Gasteiger partial charge in [0.05, 0.1) is 11.6 Å². The van der Waals surface area contributed by atoms with Gasteiger partial charge in [-0.05, 0) is 76.0 Å². The van der Waals surface area contributed by atoms with Gasteiger partial charge in [-0.3, -0.25) is 0 Å². The van der Waals surface area contributed by atoms with Gasteiger partial charge in [0.25, 0.3) is 0 Å². The zero-order valence-corrected chi connectivity index (χ0v) is 20.6. The number of carbonyl (C=O) groups is 1. The van der Waals surface area contributed by atoms with Gasteiger partial charge in [-0.1, -0.05) is 46.3 Å². The second kappa shape index (κ2) is 9.71. The van der Waals surface area contributed by atoms with Crippen molar-refractivity contribution in [3.63, 3.8) is 0 Å². The van der Waals surface area contributed by atoms with Crippen LogP contribution in [0.15, 0.2) is 80.3 Å². The Kier molecular flexibility index (Phi) is 6.77. The maximum absolute atomic E-state index is 12.4. The average Bonchev–Trinajstić information content (AvgIpc) is 3.14. The Morgan fingerprint density at radius 2 is 1.81 bits per heavy atom. The number of methoxy groups -OCH3 is 1. The number of aryl methyl sites for hydroxylation is 1. The van der Waals surface area contributed by atoms with E-state index in [0.717, 1.165) is 26.7 Å². The topological polar surface area (TPSA) is 57.1 Å². The van der Waals surface area contributed by atoms with Crippen LogP contribution in [0, 0.1) is 6.92 Å². The molecule has 0 atom stereocenters. The minimum atomic E-state index is -0.492. The summed E-state index contributed by atoms with van der Waals surface area (Å²) < 4.78 is 18.6. The van der Waals surface area contributed by atoms with E-state index in [1.165, 1.54) is 0 Å². The third-order valence-electron chi connectivity index (χ3n) is 4.85. The summed E-state index contributed by atoms with van der Waals surface area (Å²) in [5.41, 5.74) is 3.75. The minimum absolute atomic E-state index is 0.223. The van der Waals surface area contributed by atoms with E-state index in [9.17, 15) is 4.79 Å². The number of nitrogens with zero attached hydrogens (tertiary/aromatic N) is 1. The molecular formula is C25H19Br2NO4. The third-order valence-corrected chi connectivity index (χ3v) is 5.97. The normalized spacial score (nSPS) is 14.3. The fraction of sp³-hybridized carbons (Fsp3) is 0.120. The van der Waals surface area contributed by atoms with Gasteiger partial charge in [0.2, 0.25) is 5.90 Å². The summed E-state index contributed by atoms with van der Waals surface area (Å²) in [5.74, 6) is 0.933. The molecule has 0 bridgehead atoms. The van der Waals surface area contributed by atoms with Crippen molar-refractivity contribution >= 4 is 49.8 Å². The van der Waals surface area contributed by atoms with Crippen LogP contribution in [0.5, 0.6) is 11.5 Å². The third kappa shape index (κ3) is 4.95. The first-order valence-corrected chi connectivity index (χ1v) is 11.4. The minimum Gasteiger partial charge on any atom is -0.493 e. The van der Waals surface area contributed by atoms with E-state index in [0.29, 0.717) is 28.5 Å². The van der Waals surface area contributed by atoms with Gasteiger partial charge in [0.1, 0.15) is 6.61 Å². The van der Waals surface area contributed by atoms with E-state index in [1.807, 2.05) is 61.5 Å². The molecule has 3 aromatic rings. The van der Waals surface area contributed by atoms with Gasteiger partial charge >= 0.3 is 5.97 Å². The first kappa shape index (κ1) is 22.3. The quantitative estimate of drug-likeness (QED) is 0.258. The van der Waals surface area contributed by atoms with E-state index in [1.54, 1.807) is 19.3 Å². The fourth-order valence-electron chi connectivity index (χ4n) is 3.19. The molecule has 0 amide bonds. The van der Waals surface area contributed by atoms with Crippen LogP contribution in [0.4, 0.5) is 0 Å². The summed E-state index contributed by atoms with van der Waals surface area (Å²) in [6, 6.07) is 19.2. The van der Waals surface area contributed by atoms with Gasteiger partial charge in [-0.2, -0.15) is 0 Å². The number of aliphatic imine (C=N–C) groups is 1. The number of rotatable bonds is 6. The van der Waals surface area contributed by atoms with Crippen LogP contribution >= 0.6 is 31.9 Å². The maximum Gasteiger partial charge on any atom is 0.363 e. The monoisotopic (exact) mass is 555 g/mol. The van der Waals surface area contributed by atoms with E-state index in [2.05, 4.69) is 36.9 Å². The number of hydrogen-bond acceptors (Lipinski definition) is 5. The second-order valence-electron chi connectivity index (χ2n) is 7.10. The average molecular weight is 557 g/mol. The van der Waals surface area contributed by atoms with Gasteiger partial charge in [-0.25, -0.2) is 9.79 Å². The van der Waals surface area contributed by atoms with Crippen molar-refractivity contribution in [3.8, 4) is 11.5 Å². The highest BCUT2D eigenvalue weighted by Crippen LogP contribution is 2.38. The predicted molar refractivity (Wildman–Crippen MR) is 131 cm³/mol. The Morgan fingerprint density at radius 3 is 2.53 bits per heavy atom. The Bertz CT molecular complexity index is 1230. The van der Waals surface area contributed by atoms with Crippen LogP contribution in [0.3, 0.4) is 0 Å². The summed E-state index contributed by atoms with van der Waals surface area (Å²) in [7, 11) is 1.57. The lowest BCUT2D eigenvalue weighted by Gasteiger charge is -2.14. The number of carbonyl (C=O) groups excluding carboxylic acids is 1. The van der Waals surface area contributed by atoms with Crippen LogP contribution in [0.25, 0.3) is 6.08 Å². The van der Waals surface area contributed by atoms with Crippen LogP contribution in [-0.2, 0) is 16.1 Å². The molecular weight excluding hydrogens is 538 g/mol. The molecule has 0 aliphatic carbocycles. The molecule has 1 aliphatic rings. The lowest BCUT2D eigenvalue weighted by atomic mass is 10.1. The van der Waals surface area contributed by atoms with Crippen molar-refractivity contribution in [2.75, 3.05) is 7.11 Å². The predicted octanol–water partition coefficient (Wildman–Crippen LogP) is 6.45. The molecule has 3 aromatic carbocycles. The standard InChI is InChI=1S/C25H19Br2NO4/c1-15-5-3-4-6-19(15)24-28-21(25(29)32-24)12-17-11-20(27)23(22(13-17)30-2)31-14-16-7-9-18(26)10-8-16/h3-13H,14H2,1-2H3/b21-12-. The summed E-state index contributed by atoms with van der Waals surface area (Å²) in [4.78, 5) is 16.8. The molecule has 0 N–H and O–H groups in total. The van der Waals surface area contributed by atoms with Crippen molar-refractivity contribution in [1.82, 2.24) is 0 Å². The second-order valence-corrected chi connectivity index (χ2v) is 8.87. The maximum atomic E-state index is 12.4. The number of esters is 1. The molecule has 1 aliphatic heterocycles. The highest BCUT2D eigenvalue weighted by Gasteiger charge is 2.25.